The van der Waals surface area contributed by atoms with Crippen LogP contribution in [0.25, 0.3) is 5.69 Å². The van der Waals surface area contributed by atoms with Crippen molar-refractivity contribution in [3.05, 3.63) is 71.5 Å². The zero-order valence-electron chi connectivity index (χ0n) is 15.2. The van der Waals surface area contributed by atoms with Crippen molar-refractivity contribution < 1.29 is 22.7 Å². The van der Waals surface area contributed by atoms with Gasteiger partial charge in [0.15, 0.2) is 0 Å². The number of aromatic nitrogens is 2. The van der Waals surface area contributed by atoms with Crippen LogP contribution in [0.2, 0.25) is 0 Å². The van der Waals surface area contributed by atoms with Crippen LogP contribution in [-0.4, -0.2) is 22.1 Å². The fraction of sp³-hybridized carbons (Fsp3) is 0.200. The van der Waals surface area contributed by atoms with Gasteiger partial charge >= 0.3 is 6.36 Å². The van der Waals surface area contributed by atoms with E-state index in [1.54, 1.807) is 16.8 Å². The fourth-order valence-corrected chi connectivity index (χ4v) is 2.83. The van der Waals surface area contributed by atoms with E-state index in [1.807, 2.05) is 32.0 Å². The third-order valence-electron chi connectivity index (χ3n) is 3.94. The number of halogens is 3. The monoisotopic (exact) mass is 389 g/mol. The molecule has 0 aliphatic carbocycles. The van der Waals surface area contributed by atoms with Crippen LogP contribution in [0.15, 0.2) is 54.6 Å². The average molecular weight is 389 g/mol. The molecule has 0 saturated heterocycles. The second kappa shape index (κ2) is 7.75. The number of aryl methyl sites for hydroxylation is 2. The zero-order chi connectivity index (χ0) is 20.3. The van der Waals surface area contributed by atoms with Crippen molar-refractivity contribution >= 4 is 11.6 Å². The van der Waals surface area contributed by atoms with Gasteiger partial charge in [0.1, 0.15) is 5.75 Å². The third kappa shape index (κ3) is 4.91. The Bertz CT molecular complexity index is 979. The first kappa shape index (κ1) is 19.5. The van der Waals surface area contributed by atoms with Crippen molar-refractivity contribution in [2.24, 2.45) is 0 Å². The van der Waals surface area contributed by atoms with Crippen LogP contribution in [-0.2, 0) is 11.2 Å². The predicted molar refractivity (Wildman–Crippen MR) is 98.5 cm³/mol. The van der Waals surface area contributed by atoms with Crippen molar-refractivity contribution in [1.82, 2.24) is 9.78 Å². The molecule has 5 nitrogen and oxygen atoms in total. The molecule has 0 atom stereocenters. The molecule has 0 bridgehead atoms. The summed E-state index contributed by atoms with van der Waals surface area (Å²) in [6, 6.07) is 14.4. The zero-order valence-corrected chi connectivity index (χ0v) is 15.2. The highest BCUT2D eigenvalue weighted by molar-refractivity contribution is 5.94. The second-order valence-corrected chi connectivity index (χ2v) is 6.27. The lowest BCUT2D eigenvalue weighted by Crippen LogP contribution is -2.17. The number of ether oxygens (including phenoxy) is 1. The number of carbonyl (C=O) groups is 1. The van der Waals surface area contributed by atoms with Crippen molar-refractivity contribution in [2.75, 3.05) is 5.32 Å². The van der Waals surface area contributed by atoms with E-state index in [-0.39, 0.29) is 18.1 Å². The predicted octanol–water partition coefficient (Wildman–Crippen LogP) is 4.57. The van der Waals surface area contributed by atoms with E-state index in [1.165, 1.54) is 24.3 Å². The number of nitrogens with one attached hydrogen (secondary N) is 1. The molecule has 146 valence electrons. The number of alkyl halides is 3. The highest BCUT2D eigenvalue weighted by Crippen LogP contribution is 2.24. The summed E-state index contributed by atoms with van der Waals surface area (Å²) in [5.41, 5.74) is 3.68. The van der Waals surface area contributed by atoms with Gasteiger partial charge in [-0.25, -0.2) is 4.68 Å². The molecule has 2 aromatic carbocycles. The molecule has 1 aromatic heterocycles. The van der Waals surface area contributed by atoms with Gasteiger partial charge in [-0.1, -0.05) is 24.3 Å². The van der Waals surface area contributed by atoms with Gasteiger partial charge in [0.2, 0.25) is 5.91 Å². The first-order valence-electron chi connectivity index (χ1n) is 8.48. The van der Waals surface area contributed by atoms with Gasteiger partial charge in [-0.2, -0.15) is 5.10 Å². The smallest absolute Gasteiger partial charge is 0.406 e. The summed E-state index contributed by atoms with van der Waals surface area (Å²) >= 11 is 0. The molecule has 0 aliphatic rings. The minimum absolute atomic E-state index is 0.0117. The van der Waals surface area contributed by atoms with Crippen molar-refractivity contribution in [3.8, 4) is 11.4 Å². The first-order chi connectivity index (χ1) is 13.2. The fourth-order valence-electron chi connectivity index (χ4n) is 2.83. The Morgan fingerprint density at radius 3 is 2.39 bits per heavy atom. The summed E-state index contributed by atoms with van der Waals surface area (Å²) in [6.45, 7) is 3.81. The number of anilines is 1. The number of carbonyl (C=O) groups excluding carboxylic acids is 1. The summed E-state index contributed by atoms with van der Waals surface area (Å²) < 4.78 is 42.2. The van der Waals surface area contributed by atoms with Crippen molar-refractivity contribution in [2.45, 2.75) is 26.6 Å². The molecular weight excluding hydrogens is 371 g/mol. The lowest BCUT2D eigenvalue weighted by Gasteiger charge is -2.13. The number of benzene rings is 2. The largest absolute Gasteiger partial charge is 0.573 e. The van der Waals surface area contributed by atoms with E-state index in [0.29, 0.717) is 11.3 Å². The molecule has 1 N–H and O–H groups in total. The Labute approximate surface area is 159 Å². The van der Waals surface area contributed by atoms with Gasteiger partial charge < -0.3 is 10.1 Å². The number of para-hydroxylation sites is 2. The minimum Gasteiger partial charge on any atom is -0.406 e. The van der Waals surface area contributed by atoms with Gasteiger partial charge in [-0.15, -0.1) is 13.2 Å². The van der Waals surface area contributed by atoms with Crippen LogP contribution in [0.1, 0.15) is 17.0 Å². The number of amides is 1. The van der Waals surface area contributed by atoms with E-state index in [9.17, 15) is 18.0 Å². The Morgan fingerprint density at radius 1 is 1.11 bits per heavy atom. The van der Waals surface area contributed by atoms with Crippen molar-refractivity contribution in [3.63, 3.8) is 0 Å². The second-order valence-electron chi connectivity index (χ2n) is 6.27. The lowest BCUT2D eigenvalue weighted by atomic mass is 10.1. The van der Waals surface area contributed by atoms with Gasteiger partial charge in [-0.3, -0.25) is 4.79 Å². The normalized spacial score (nSPS) is 11.3. The molecule has 1 amide bonds. The molecule has 0 saturated carbocycles. The molecule has 3 aromatic rings. The Balaban J connectivity index is 1.71. The Hall–Kier alpha value is -3.29. The van der Waals surface area contributed by atoms with E-state index in [0.717, 1.165) is 17.1 Å². The van der Waals surface area contributed by atoms with E-state index >= 15 is 0 Å². The maximum Gasteiger partial charge on any atom is 0.573 e. The molecule has 3 rings (SSSR count). The number of nitrogens with zero attached hydrogens (tertiary/aromatic N) is 2. The minimum atomic E-state index is -4.74. The molecule has 0 fully saturated rings. The molecule has 28 heavy (non-hydrogen) atoms. The topological polar surface area (TPSA) is 56.2 Å². The van der Waals surface area contributed by atoms with Gasteiger partial charge in [0.25, 0.3) is 0 Å². The third-order valence-corrected chi connectivity index (χ3v) is 3.94. The molecule has 0 unspecified atom stereocenters. The van der Waals surface area contributed by atoms with E-state index in [4.69, 9.17) is 0 Å². The summed E-state index contributed by atoms with van der Waals surface area (Å²) in [4.78, 5) is 12.4. The highest BCUT2D eigenvalue weighted by atomic mass is 19.4. The van der Waals surface area contributed by atoms with Gasteiger partial charge in [0.05, 0.1) is 23.5 Å². The molecule has 0 aliphatic heterocycles. The molecule has 0 spiro atoms. The van der Waals surface area contributed by atoms with Crippen LogP contribution >= 0.6 is 0 Å². The Morgan fingerprint density at radius 2 is 1.79 bits per heavy atom. The number of rotatable bonds is 5. The molecular formula is C20H18F3N3O2. The maximum atomic E-state index is 12.4. The van der Waals surface area contributed by atoms with Crippen LogP contribution < -0.4 is 10.1 Å². The molecule has 1 heterocycles. The molecule has 0 radical (unpaired) electrons. The number of hydrogen-bond donors (Lipinski definition) is 1. The summed E-state index contributed by atoms with van der Waals surface area (Å²) in [7, 11) is 0. The quantitative estimate of drug-likeness (QED) is 0.696. The summed E-state index contributed by atoms with van der Waals surface area (Å²) in [5.74, 6) is -0.620. The van der Waals surface area contributed by atoms with Gasteiger partial charge in [-0.05, 0) is 49.7 Å². The van der Waals surface area contributed by atoms with E-state index in [2.05, 4.69) is 15.2 Å². The maximum absolute atomic E-state index is 12.4. The van der Waals surface area contributed by atoms with E-state index < -0.39 is 6.36 Å². The lowest BCUT2D eigenvalue weighted by molar-refractivity contribution is -0.274. The van der Waals surface area contributed by atoms with Gasteiger partial charge in [0, 0.05) is 5.69 Å². The Kier molecular flexibility index (Phi) is 5.39. The number of hydrogen-bond acceptors (Lipinski definition) is 3. The SMILES string of the molecule is Cc1cc(C)n(-c2ccccc2NC(=O)Cc2ccc(OC(F)(F)F)cc2)n1. The molecule has 8 heteroatoms. The summed E-state index contributed by atoms with van der Waals surface area (Å²) in [6.07, 6.45) is -4.73. The first-order valence-corrected chi connectivity index (χ1v) is 8.48. The van der Waals surface area contributed by atoms with Crippen LogP contribution in [0, 0.1) is 13.8 Å². The highest BCUT2D eigenvalue weighted by Gasteiger charge is 2.30. The van der Waals surface area contributed by atoms with Crippen molar-refractivity contribution in [1.29, 1.82) is 0 Å². The standard InChI is InChI=1S/C20H18F3N3O2/c1-13-11-14(2)26(25-13)18-6-4-3-5-17(18)24-19(27)12-15-7-9-16(10-8-15)28-20(21,22)23/h3-11H,12H2,1-2H3,(H,24,27). The van der Waals surface area contributed by atoms with Crippen LogP contribution in [0.3, 0.4) is 0 Å². The summed E-state index contributed by atoms with van der Waals surface area (Å²) in [5, 5.41) is 7.27. The average Bonchev–Trinajstić information content (AvgIpc) is 2.94. The van der Waals surface area contributed by atoms with Crippen LogP contribution in [0.5, 0.6) is 5.75 Å². The van der Waals surface area contributed by atoms with Crippen LogP contribution in [0.4, 0.5) is 18.9 Å².